The molecule has 0 aliphatic heterocycles. The lowest BCUT2D eigenvalue weighted by atomic mass is 10.2. The molecule has 0 unspecified atom stereocenters. The molecule has 0 radical (unpaired) electrons. The molecule has 2 aromatic rings. The third kappa shape index (κ3) is 2.59. The molecule has 1 aromatic carbocycles. The second kappa shape index (κ2) is 5.15. The van der Waals surface area contributed by atoms with Crippen LogP contribution in [0.2, 0.25) is 5.02 Å². The molecule has 2 rings (SSSR count). The van der Waals surface area contributed by atoms with Crippen LogP contribution in [0.5, 0.6) is 0 Å². The smallest absolute Gasteiger partial charge is 0.257 e. The number of aromatic nitrogens is 2. The average Bonchev–Trinajstić information content (AvgIpc) is 2.64. The Morgan fingerprint density at radius 1 is 1.56 bits per heavy atom. The number of benzene rings is 1. The summed E-state index contributed by atoms with van der Waals surface area (Å²) in [4.78, 5) is 12.1. The zero-order valence-corrected chi connectivity index (χ0v) is 12.4. The van der Waals surface area contributed by atoms with Gasteiger partial charge in [-0.2, -0.15) is 5.10 Å². The normalized spacial score (nSPS) is 10.4. The summed E-state index contributed by atoms with van der Waals surface area (Å²) in [6.07, 6.45) is 1.48. The molecule has 94 valence electrons. The largest absolute Gasteiger partial charge is 0.394 e. The van der Waals surface area contributed by atoms with Gasteiger partial charge in [0.05, 0.1) is 17.4 Å². The number of carbonyl (C=O) groups excluding carboxylic acids is 1. The first kappa shape index (κ1) is 13.2. The number of nitrogens with two attached hydrogens (primary N) is 1. The maximum Gasteiger partial charge on any atom is 0.257 e. The van der Waals surface area contributed by atoms with Crippen LogP contribution in [-0.2, 0) is 7.05 Å². The van der Waals surface area contributed by atoms with Gasteiger partial charge in [0.15, 0.2) is 5.82 Å². The van der Waals surface area contributed by atoms with Crippen molar-refractivity contribution in [2.45, 2.75) is 0 Å². The van der Waals surface area contributed by atoms with E-state index in [0.717, 1.165) is 3.57 Å². The van der Waals surface area contributed by atoms with Crippen LogP contribution in [0, 0.1) is 3.57 Å². The Bertz CT molecular complexity index is 592. The van der Waals surface area contributed by atoms with Gasteiger partial charge in [-0.15, -0.1) is 0 Å². The molecule has 18 heavy (non-hydrogen) atoms. The molecule has 1 aromatic heterocycles. The maximum atomic E-state index is 12.1. The van der Waals surface area contributed by atoms with Crippen LogP contribution in [0.15, 0.2) is 24.4 Å². The van der Waals surface area contributed by atoms with E-state index >= 15 is 0 Å². The monoisotopic (exact) mass is 376 g/mol. The fourth-order valence-electron chi connectivity index (χ4n) is 1.45. The standard InChI is InChI=1S/C11H10ClIN4O/c1-17-10(9(14)5-15-17)16-11(18)7-4-6(12)2-3-8(7)13/h2-5H,14H2,1H3,(H,16,18). The van der Waals surface area contributed by atoms with E-state index in [-0.39, 0.29) is 5.91 Å². The van der Waals surface area contributed by atoms with Gasteiger partial charge in [0.25, 0.3) is 5.91 Å². The molecule has 3 N–H and O–H groups in total. The third-order valence-corrected chi connectivity index (χ3v) is 3.55. The number of aryl methyl sites for hydroxylation is 1. The number of hydrogen-bond donors (Lipinski definition) is 2. The minimum atomic E-state index is -0.266. The second-order valence-electron chi connectivity index (χ2n) is 3.65. The van der Waals surface area contributed by atoms with Crippen molar-refractivity contribution in [1.29, 1.82) is 0 Å². The van der Waals surface area contributed by atoms with Crippen LogP contribution in [0.3, 0.4) is 0 Å². The van der Waals surface area contributed by atoms with Gasteiger partial charge in [0, 0.05) is 15.6 Å². The minimum absolute atomic E-state index is 0.266. The topological polar surface area (TPSA) is 72.9 Å². The molecule has 0 bridgehead atoms. The van der Waals surface area contributed by atoms with Crippen molar-refractivity contribution in [3.8, 4) is 0 Å². The molecular weight excluding hydrogens is 367 g/mol. The van der Waals surface area contributed by atoms with E-state index in [1.807, 2.05) is 0 Å². The van der Waals surface area contributed by atoms with Crippen LogP contribution in [0.25, 0.3) is 0 Å². The fourth-order valence-corrected chi connectivity index (χ4v) is 2.21. The van der Waals surface area contributed by atoms with Crippen molar-refractivity contribution in [3.05, 3.63) is 38.6 Å². The molecule has 1 heterocycles. The van der Waals surface area contributed by atoms with Gasteiger partial charge < -0.3 is 11.1 Å². The zero-order valence-electron chi connectivity index (χ0n) is 9.45. The number of nitrogen functional groups attached to an aromatic ring is 1. The Morgan fingerprint density at radius 3 is 2.89 bits per heavy atom. The van der Waals surface area contributed by atoms with Gasteiger partial charge >= 0.3 is 0 Å². The van der Waals surface area contributed by atoms with Crippen molar-refractivity contribution in [2.75, 3.05) is 11.1 Å². The van der Waals surface area contributed by atoms with Crippen molar-refractivity contribution in [2.24, 2.45) is 7.05 Å². The van der Waals surface area contributed by atoms with Crippen molar-refractivity contribution in [3.63, 3.8) is 0 Å². The summed E-state index contributed by atoms with van der Waals surface area (Å²) >= 11 is 7.96. The number of amides is 1. The van der Waals surface area contributed by atoms with E-state index in [4.69, 9.17) is 17.3 Å². The quantitative estimate of drug-likeness (QED) is 0.791. The van der Waals surface area contributed by atoms with Gasteiger partial charge in [0.1, 0.15) is 0 Å². The average molecular weight is 377 g/mol. The summed E-state index contributed by atoms with van der Waals surface area (Å²) in [6.45, 7) is 0. The van der Waals surface area contributed by atoms with E-state index in [0.29, 0.717) is 22.1 Å². The summed E-state index contributed by atoms with van der Waals surface area (Å²) in [5.41, 5.74) is 6.63. The molecule has 0 atom stereocenters. The Morgan fingerprint density at radius 2 is 2.28 bits per heavy atom. The molecule has 0 saturated carbocycles. The lowest BCUT2D eigenvalue weighted by molar-refractivity contribution is 0.102. The highest BCUT2D eigenvalue weighted by Crippen LogP contribution is 2.21. The number of nitrogens with one attached hydrogen (secondary N) is 1. The van der Waals surface area contributed by atoms with Gasteiger partial charge in [-0.3, -0.25) is 9.48 Å². The summed E-state index contributed by atoms with van der Waals surface area (Å²) in [5, 5.41) is 7.18. The van der Waals surface area contributed by atoms with Gasteiger partial charge in [-0.1, -0.05) is 11.6 Å². The fraction of sp³-hybridized carbons (Fsp3) is 0.0909. The molecule has 5 nitrogen and oxygen atoms in total. The van der Waals surface area contributed by atoms with Crippen LogP contribution >= 0.6 is 34.2 Å². The zero-order chi connectivity index (χ0) is 13.3. The van der Waals surface area contributed by atoms with Gasteiger partial charge in [-0.05, 0) is 40.8 Å². The summed E-state index contributed by atoms with van der Waals surface area (Å²) in [5.74, 6) is 0.202. The first-order valence-electron chi connectivity index (χ1n) is 5.03. The molecule has 0 aliphatic carbocycles. The van der Waals surface area contributed by atoms with E-state index < -0.39 is 0 Å². The van der Waals surface area contributed by atoms with E-state index in [9.17, 15) is 4.79 Å². The predicted molar refractivity (Wildman–Crippen MR) is 79.7 cm³/mol. The third-order valence-electron chi connectivity index (χ3n) is 2.37. The number of halogens is 2. The highest BCUT2D eigenvalue weighted by molar-refractivity contribution is 14.1. The maximum absolute atomic E-state index is 12.1. The van der Waals surface area contributed by atoms with E-state index in [2.05, 4.69) is 33.0 Å². The van der Waals surface area contributed by atoms with Crippen molar-refractivity contribution in [1.82, 2.24) is 9.78 Å². The number of nitrogens with zero attached hydrogens (tertiary/aromatic N) is 2. The Kier molecular flexibility index (Phi) is 3.76. The molecular formula is C11H10ClIN4O. The Labute approximate surface area is 122 Å². The van der Waals surface area contributed by atoms with Crippen LogP contribution in [-0.4, -0.2) is 15.7 Å². The summed E-state index contributed by atoms with van der Waals surface area (Å²) < 4.78 is 2.32. The number of rotatable bonds is 2. The first-order chi connectivity index (χ1) is 8.49. The van der Waals surface area contributed by atoms with Gasteiger partial charge in [0.2, 0.25) is 0 Å². The van der Waals surface area contributed by atoms with Crippen LogP contribution in [0.4, 0.5) is 11.5 Å². The van der Waals surface area contributed by atoms with Crippen molar-refractivity contribution < 1.29 is 4.79 Å². The van der Waals surface area contributed by atoms with E-state index in [1.54, 1.807) is 25.2 Å². The lowest BCUT2D eigenvalue weighted by Gasteiger charge is -2.08. The molecule has 0 aliphatic rings. The van der Waals surface area contributed by atoms with Crippen LogP contribution < -0.4 is 11.1 Å². The summed E-state index contributed by atoms with van der Waals surface area (Å²) in [7, 11) is 1.70. The number of anilines is 2. The lowest BCUT2D eigenvalue weighted by Crippen LogP contribution is -2.16. The Hall–Kier alpha value is -1.28. The second-order valence-corrected chi connectivity index (χ2v) is 5.25. The molecule has 7 heteroatoms. The highest BCUT2D eigenvalue weighted by Gasteiger charge is 2.14. The van der Waals surface area contributed by atoms with Crippen molar-refractivity contribution >= 4 is 51.6 Å². The molecule has 0 saturated heterocycles. The predicted octanol–water partition coefficient (Wildman–Crippen LogP) is 2.51. The summed E-state index contributed by atoms with van der Waals surface area (Å²) in [6, 6.07) is 5.13. The highest BCUT2D eigenvalue weighted by atomic mass is 127. The Balaban J connectivity index is 2.30. The first-order valence-corrected chi connectivity index (χ1v) is 6.48. The minimum Gasteiger partial charge on any atom is -0.394 e. The number of hydrogen-bond acceptors (Lipinski definition) is 3. The molecule has 0 fully saturated rings. The SMILES string of the molecule is Cn1ncc(N)c1NC(=O)c1cc(Cl)ccc1I. The van der Waals surface area contributed by atoms with Gasteiger partial charge in [-0.25, -0.2) is 0 Å². The molecule has 1 amide bonds. The van der Waals surface area contributed by atoms with Crippen LogP contribution in [0.1, 0.15) is 10.4 Å². The molecule has 0 spiro atoms. The number of carbonyl (C=O) groups is 1. The van der Waals surface area contributed by atoms with E-state index in [1.165, 1.54) is 10.9 Å².